The molecule has 1 aromatic heterocycles. The molecule has 0 spiro atoms. The number of nitrogen functional groups attached to an aromatic ring is 1. The quantitative estimate of drug-likeness (QED) is 0.633. The lowest BCUT2D eigenvalue weighted by Crippen LogP contribution is -2.30. The highest BCUT2D eigenvalue weighted by Gasteiger charge is 2.19. The number of methoxy groups -OCH3 is 1. The number of carbonyl (C=O) groups excluding carboxylic acids is 1. The molecule has 0 atom stereocenters. The van der Waals surface area contributed by atoms with Gasteiger partial charge in [-0.05, 0) is 38.2 Å². The number of unbranched alkanes of at least 4 members (excludes halogenated alkanes) is 1. The zero-order valence-corrected chi connectivity index (χ0v) is 12.5. The Labute approximate surface area is 117 Å². The third-order valence-electron chi connectivity index (χ3n) is 2.43. The van der Waals surface area contributed by atoms with Crippen molar-refractivity contribution in [3.63, 3.8) is 0 Å². The molecule has 108 valence electrons. The topological polar surface area (TPSA) is 89.3 Å². The smallest absolute Gasteiger partial charge is 0.258 e. The molecule has 4 N–H and O–H groups in total. The van der Waals surface area contributed by atoms with Crippen LogP contribution in [-0.4, -0.2) is 36.6 Å². The van der Waals surface area contributed by atoms with Crippen LogP contribution in [0.4, 0.5) is 10.8 Å². The predicted octanol–water partition coefficient (Wildman–Crippen LogP) is 1.70. The fraction of sp³-hybridized carbons (Fsp3) is 0.667. The van der Waals surface area contributed by atoms with Crippen molar-refractivity contribution in [2.45, 2.75) is 32.7 Å². The van der Waals surface area contributed by atoms with Gasteiger partial charge in [-0.3, -0.25) is 4.79 Å². The zero-order chi connectivity index (χ0) is 14.3. The molecule has 0 aliphatic carbocycles. The number of nitrogens with zero attached hydrogens (tertiary/aromatic N) is 1. The fourth-order valence-electron chi connectivity index (χ4n) is 1.55. The number of nitrogens with two attached hydrogens (primary N) is 1. The van der Waals surface area contributed by atoms with Gasteiger partial charge in [0.25, 0.3) is 5.91 Å². The molecular formula is C12H22N4O2S. The van der Waals surface area contributed by atoms with Gasteiger partial charge in [-0.25, -0.2) is 0 Å². The summed E-state index contributed by atoms with van der Waals surface area (Å²) in [5.74, 6) is 0.100. The predicted molar refractivity (Wildman–Crippen MR) is 78.7 cm³/mol. The highest BCUT2D eigenvalue weighted by Crippen LogP contribution is 2.26. The molecule has 1 aromatic rings. The Morgan fingerprint density at radius 2 is 2.21 bits per heavy atom. The first-order valence-corrected chi connectivity index (χ1v) is 7.12. The lowest BCUT2D eigenvalue weighted by Gasteiger charge is -2.10. The highest BCUT2D eigenvalue weighted by molar-refractivity contribution is 7.11. The van der Waals surface area contributed by atoms with E-state index < -0.39 is 0 Å². The van der Waals surface area contributed by atoms with Gasteiger partial charge in [-0.15, -0.1) is 0 Å². The molecule has 0 aromatic carbocycles. The molecule has 0 saturated heterocycles. The van der Waals surface area contributed by atoms with Crippen LogP contribution in [0.2, 0.25) is 0 Å². The summed E-state index contributed by atoms with van der Waals surface area (Å²) in [7, 11) is 1.69. The van der Waals surface area contributed by atoms with Gasteiger partial charge in [0.1, 0.15) is 10.6 Å². The van der Waals surface area contributed by atoms with Crippen LogP contribution in [0.5, 0.6) is 0 Å². The fourth-order valence-corrected chi connectivity index (χ4v) is 2.29. The Morgan fingerprint density at radius 3 is 2.84 bits per heavy atom. The normalized spacial score (nSPS) is 10.7. The summed E-state index contributed by atoms with van der Waals surface area (Å²) in [6.07, 6.45) is 1.95. The molecule has 0 unspecified atom stereocenters. The van der Waals surface area contributed by atoms with E-state index in [4.69, 9.17) is 10.5 Å². The van der Waals surface area contributed by atoms with Gasteiger partial charge in [-0.2, -0.15) is 4.37 Å². The summed E-state index contributed by atoms with van der Waals surface area (Å²) in [5.41, 5.74) is 6.20. The molecule has 1 rings (SSSR count). The summed E-state index contributed by atoms with van der Waals surface area (Å²) in [6.45, 7) is 5.33. The first-order chi connectivity index (χ1) is 9.06. The number of hydrogen-bond donors (Lipinski definition) is 3. The molecule has 0 aliphatic heterocycles. The van der Waals surface area contributed by atoms with Crippen LogP contribution in [0.3, 0.4) is 0 Å². The number of amides is 1. The minimum absolute atomic E-state index is 0.0707. The van der Waals surface area contributed by atoms with Crippen LogP contribution >= 0.6 is 11.5 Å². The number of hydrogen-bond acceptors (Lipinski definition) is 6. The second-order valence-corrected chi connectivity index (χ2v) is 5.30. The van der Waals surface area contributed by atoms with E-state index in [0.29, 0.717) is 5.56 Å². The lowest BCUT2D eigenvalue weighted by atomic mass is 10.2. The van der Waals surface area contributed by atoms with E-state index in [1.54, 1.807) is 7.11 Å². The van der Waals surface area contributed by atoms with Crippen LogP contribution in [0.15, 0.2) is 0 Å². The van der Waals surface area contributed by atoms with Crippen molar-refractivity contribution in [1.82, 2.24) is 9.69 Å². The van der Waals surface area contributed by atoms with E-state index in [1.165, 1.54) is 11.5 Å². The molecule has 7 heteroatoms. The van der Waals surface area contributed by atoms with E-state index in [2.05, 4.69) is 15.0 Å². The van der Waals surface area contributed by atoms with E-state index >= 15 is 0 Å². The second kappa shape index (κ2) is 7.96. The van der Waals surface area contributed by atoms with Crippen molar-refractivity contribution in [2.75, 3.05) is 31.3 Å². The van der Waals surface area contributed by atoms with Gasteiger partial charge < -0.3 is 21.1 Å². The average Bonchev–Trinajstić information content (AvgIpc) is 2.69. The first-order valence-electron chi connectivity index (χ1n) is 6.35. The van der Waals surface area contributed by atoms with E-state index in [-0.39, 0.29) is 17.8 Å². The number of aromatic nitrogens is 1. The van der Waals surface area contributed by atoms with E-state index in [1.807, 2.05) is 13.8 Å². The van der Waals surface area contributed by atoms with Crippen LogP contribution < -0.4 is 16.4 Å². The van der Waals surface area contributed by atoms with E-state index in [9.17, 15) is 4.79 Å². The summed E-state index contributed by atoms with van der Waals surface area (Å²) in [5, 5.41) is 6.76. The van der Waals surface area contributed by atoms with Gasteiger partial charge in [0, 0.05) is 26.3 Å². The Hall–Kier alpha value is -1.34. The summed E-state index contributed by atoms with van der Waals surface area (Å²) < 4.78 is 9.01. The highest BCUT2D eigenvalue weighted by atomic mass is 32.1. The molecule has 0 bridgehead atoms. The van der Waals surface area contributed by atoms with Crippen LogP contribution in [0, 0.1) is 0 Å². The Bertz CT molecular complexity index is 406. The third-order valence-corrected chi connectivity index (χ3v) is 3.25. The van der Waals surface area contributed by atoms with Crippen LogP contribution in [-0.2, 0) is 4.74 Å². The first kappa shape index (κ1) is 15.7. The van der Waals surface area contributed by atoms with Crippen LogP contribution in [0.1, 0.15) is 37.0 Å². The monoisotopic (exact) mass is 286 g/mol. The molecule has 0 aliphatic rings. The van der Waals surface area contributed by atoms with E-state index in [0.717, 1.165) is 31.0 Å². The minimum Gasteiger partial charge on any atom is -0.385 e. The van der Waals surface area contributed by atoms with Crippen molar-refractivity contribution in [3.05, 3.63) is 5.56 Å². The molecular weight excluding hydrogens is 264 g/mol. The number of ether oxygens (including phenoxy) is 1. The number of nitrogens with one attached hydrogen (secondary N) is 2. The Morgan fingerprint density at radius 1 is 1.47 bits per heavy atom. The van der Waals surface area contributed by atoms with Crippen molar-refractivity contribution in [3.8, 4) is 0 Å². The molecule has 0 fully saturated rings. The van der Waals surface area contributed by atoms with Gasteiger partial charge in [0.05, 0.1) is 0 Å². The second-order valence-electron chi connectivity index (χ2n) is 4.53. The Kier molecular flexibility index (Phi) is 6.58. The molecule has 19 heavy (non-hydrogen) atoms. The van der Waals surface area contributed by atoms with Crippen LogP contribution in [0.25, 0.3) is 0 Å². The van der Waals surface area contributed by atoms with Gasteiger partial charge in [0.15, 0.2) is 5.82 Å². The maximum atomic E-state index is 12.0. The standard InChI is InChI=1S/C12H22N4O2S/c1-8(2)15-11(17)9-10(13)16-19-12(9)14-6-4-5-7-18-3/h8,14H,4-7H2,1-3H3,(H2,13,16)(H,15,17). The zero-order valence-electron chi connectivity index (χ0n) is 11.7. The number of anilines is 2. The number of rotatable bonds is 8. The Balaban J connectivity index is 2.56. The maximum Gasteiger partial charge on any atom is 0.258 e. The molecule has 6 nitrogen and oxygen atoms in total. The number of carbonyl (C=O) groups is 1. The summed E-state index contributed by atoms with van der Waals surface area (Å²) >= 11 is 1.22. The van der Waals surface area contributed by atoms with Gasteiger partial charge in [0.2, 0.25) is 0 Å². The van der Waals surface area contributed by atoms with Gasteiger partial charge >= 0.3 is 0 Å². The maximum absolute atomic E-state index is 12.0. The molecule has 0 saturated carbocycles. The summed E-state index contributed by atoms with van der Waals surface area (Å²) in [4.78, 5) is 12.0. The molecule has 1 heterocycles. The SMILES string of the molecule is COCCCCNc1snc(N)c1C(=O)NC(C)C. The third kappa shape index (κ3) is 5.04. The summed E-state index contributed by atoms with van der Waals surface area (Å²) in [6, 6.07) is 0.0707. The van der Waals surface area contributed by atoms with Crippen molar-refractivity contribution < 1.29 is 9.53 Å². The van der Waals surface area contributed by atoms with Gasteiger partial charge in [-0.1, -0.05) is 0 Å². The largest absolute Gasteiger partial charge is 0.385 e. The minimum atomic E-state index is -0.180. The molecule has 0 radical (unpaired) electrons. The average molecular weight is 286 g/mol. The van der Waals surface area contributed by atoms with Crippen molar-refractivity contribution >= 4 is 28.3 Å². The lowest BCUT2D eigenvalue weighted by molar-refractivity contribution is 0.0945. The molecule has 1 amide bonds. The van der Waals surface area contributed by atoms with Crippen molar-refractivity contribution in [1.29, 1.82) is 0 Å². The van der Waals surface area contributed by atoms with Crippen molar-refractivity contribution in [2.24, 2.45) is 0 Å².